The second kappa shape index (κ2) is 4.80. The molecule has 2 fully saturated rings. The van der Waals surface area contributed by atoms with Crippen molar-refractivity contribution in [2.75, 3.05) is 6.61 Å². The fourth-order valence-corrected chi connectivity index (χ4v) is 3.92. The Bertz CT molecular complexity index is 169. The van der Waals surface area contributed by atoms with Gasteiger partial charge in [-0.3, -0.25) is 0 Å². The molecule has 0 amide bonds. The summed E-state index contributed by atoms with van der Waals surface area (Å²) in [4.78, 5) is 0. The third kappa shape index (κ3) is 2.83. The third-order valence-electron chi connectivity index (χ3n) is 3.74. The lowest BCUT2D eigenvalue weighted by molar-refractivity contribution is -0.00360. The van der Waals surface area contributed by atoms with Crippen LogP contribution in [0.2, 0.25) is 0 Å². The molecule has 2 heteroatoms. The highest BCUT2D eigenvalue weighted by Gasteiger charge is 2.31. The molecule has 1 nitrogen and oxygen atoms in total. The number of rotatable bonds is 2. The normalized spacial score (nSPS) is 36.0. The highest BCUT2D eigenvalue weighted by atomic mass is 28.1. The number of hydrogen-bond donors (Lipinski definition) is 0. The Morgan fingerprint density at radius 1 is 1.07 bits per heavy atom. The lowest BCUT2D eigenvalue weighted by Gasteiger charge is -2.37. The molecule has 1 saturated carbocycles. The van der Waals surface area contributed by atoms with Gasteiger partial charge in [-0.25, -0.2) is 0 Å². The van der Waals surface area contributed by atoms with E-state index in [-0.39, 0.29) is 5.22 Å². The van der Waals surface area contributed by atoms with E-state index < -0.39 is 0 Å². The summed E-state index contributed by atoms with van der Waals surface area (Å²) in [6, 6.07) is 0. The van der Waals surface area contributed by atoms with Crippen molar-refractivity contribution in [3.8, 4) is 0 Å². The standard InChI is InChI=1S/C12H23OSi/c14-12(8-4-5-9-13-12)10-11-6-2-1-3-7-11/h10-11H,1-9H2,14H3. The molecule has 1 saturated heterocycles. The Hall–Kier alpha value is 0.177. The van der Waals surface area contributed by atoms with E-state index >= 15 is 0 Å². The molecule has 0 N–H and O–H groups in total. The van der Waals surface area contributed by atoms with Crippen molar-refractivity contribution < 1.29 is 4.74 Å². The van der Waals surface area contributed by atoms with Crippen LogP contribution in [-0.4, -0.2) is 22.1 Å². The quantitative estimate of drug-likeness (QED) is 0.635. The smallest absolute Gasteiger partial charge is 0.0519 e. The molecule has 1 aliphatic carbocycles. The van der Waals surface area contributed by atoms with Crippen molar-refractivity contribution in [3.63, 3.8) is 0 Å². The fourth-order valence-electron chi connectivity index (χ4n) is 2.89. The zero-order chi connectivity index (χ0) is 9.86. The van der Waals surface area contributed by atoms with Crippen molar-refractivity contribution in [2.24, 2.45) is 5.92 Å². The second-order valence-electron chi connectivity index (χ2n) is 5.18. The maximum atomic E-state index is 5.97. The minimum atomic E-state index is 0.250. The van der Waals surface area contributed by atoms with Crippen molar-refractivity contribution in [1.29, 1.82) is 0 Å². The van der Waals surface area contributed by atoms with E-state index in [1.54, 1.807) is 0 Å². The molecule has 0 spiro atoms. The minimum Gasteiger partial charge on any atom is -0.379 e. The molecule has 81 valence electrons. The van der Waals surface area contributed by atoms with E-state index in [4.69, 9.17) is 4.74 Å². The average molecular weight is 211 g/mol. The molecule has 2 rings (SSSR count). The summed E-state index contributed by atoms with van der Waals surface area (Å²) >= 11 is 0. The summed E-state index contributed by atoms with van der Waals surface area (Å²) in [5.41, 5.74) is 0. The SMILES string of the molecule is [SiH3]C1([CH]C2CCCCC2)CCCCO1. The van der Waals surface area contributed by atoms with Crippen LogP contribution < -0.4 is 0 Å². The van der Waals surface area contributed by atoms with Gasteiger partial charge in [-0.2, -0.15) is 0 Å². The molecule has 0 aromatic heterocycles. The Kier molecular flexibility index (Phi) is 3.66. The highest BCUT2D eigenvalue weighted by molar-refractivity contribution is 6.15. The first-order chi connectivity index (χ1) is 6.79. The van der Waals surface area contributed by atoms with Gasteiger partial charge in [0.15, 0.2) is 0 Å². The molecule has 2 aliphatic rings. The van der Waals surface area contributed by atoms with Gasteiger partial charge < -0.3 is 4.74 Å². The van der Waals surface area contributed by atoms with Crippen LogP contribution in [0.4, 0.5) is 0 Å². The molecule has 1 radical (unpaired) electrons. The zero-order valence-corrected chi connectivity index (χ0v) is 11.4. The Labute approximate surface area is 91.0 Å². The van der Waals surface area contributed by atoms with Crippen LogP contribution in [0.15, 0.2) is 0 Å². The van der Waals surface area contributed by atoms with E-state index in [1.165, 1.54) is 61.6 Å². The van der Waals surface area contributed by atoms with Gasteiger partial charge in [0, 0.05) is 16.8 Å². The van der Waals surface area contributed by atoms with Gasteiger partial charge in [0.05, 0.1) is 5.22 Å². The molecule has 0 aromatic carbocycles. The lowest BCUT2D eigenvalue weighted by Crippen LogP contribution is -2.39. The largest absolute Gasteiger partial charge is 0.379 e. The predicted molar refractivity (Wildman–Crippen MR) is 63.3 cm³/mol. The summed E-state index contributed by atoms with van der Waals surface area (Å²) in [5.74, 6) is 0.874. The number of hydrogen-bond acceptors (Lipinski definition) is 1. The summed E-state index contributed by atoms with van der Waals surface area (Å²) in [6.07, 6.45) is 13.7. The van der Waals surface area contributed by atoms with Crippen LogP contribution in [0, 0.1) is 12.3 Å². The monoisotopic (exact) mass is 211 g/mol. The van der Waals surface area contributed by atoms with E-state index in [1.807, 2.05) is 0 Å². The van der Waals surface area contributed by atoms with Crippen molar-refractivity contribution in [1.82, 2.24) is 0 Å². The van der Waals surface area contributed by atoms with Crippen molar-refractivity contribution in [2.45, 2.75) is 56.6 Å². The van der Waals surface area contributed by atoms with E-state index in [9.17, 15) is 0 Å². The maximum Gasteiger partial charge on any atom is 0.0519 e. The molecular formula is C12H23OSi. The van der Waals surface area contributed by atoms with E-state index in [0.717, 1.165) is 12.5 Å². The Morgan fingerprint density at radius 3 is 2.50 bits per heavy atom. The first-order valence-corrected chi connectivity index (χ1v) is 7.28. The van der Waals surface area contributed by atoms with Crippen molar-refractivity contribution in [3.05, 3.63) is 6.42 Å². The van der Waals surface area contributed by atoms with Crippen LogP contribution in [-0.2, 0) is 4.74 Å². The van der Waals surface area contributed by atoms with Gasteiger partial charge in [-0.15, -0.1) is 0 Å². The summed E-state index contributed by atoms with van der Waals surface area (Å²) < 4.78 is 5.97. The minimum absolute atomic E-state index is 0.250. The molecule has 1 atom stereocenters. The molecule has 1 unspecified atom stereocenters. The Balaban J connectivity index is 1.81. The van der Waals surface area contributed by atoms with Crippen LogP contribution in [0.5, 0.6) is 0 Å². The third-order valence-corrected chi connectivity index (χ3v) is 4.86. The Morgan fingerprint density at radius 2 is 1.86 bits per heavy atom. The topological polar surface area (TPSA) is 9.23 Å². The highest BCUT2D eigenvalue weighted by Crippen LogP contribution is 2.34. The summed E-state index contributed by atoms with van der Waals surface area (Å²) in [5, 5.41) is 0.250. The van der Waals surface area contributed by atoms with Gasteiger partial charge in [0.2, 0.25) is 0 Å². The molecule has 1 aliphatic heterocycles. The summed E-state index contributed by atoms with van der Waals surface area (Å²) in [6.45, 7) is 1.01. The maximum absolute atomic E-state index is 5.97. The van der Waals surface area contributed by atoms with Gasteiger partial charge >= 0.3 is 0 Å². The number of ether oxygens (including phenoxy) is 1. The molecule has 0 aromatic rings. The van der Waals surface area contributed by atoms with Gasteiger partial charge in [0.1, 0.15) is 0 Å². The van der Waals surface area contributed by atoms with Crippen LogP contribution in [0.3, 0.4) is 0 Å². The van der Waals surface area contributed by atoms with Gasteiger partial charge in [-0.1, -0.05) is 32.1 Å². The molecule has 0 bridgehead atoms. The lowest BCUT2D eigenvalue weighted by atomic mass is 9.84. The first-order valence-electron chi connectivity index (χ1n) is 6.28. The van der Waals surface area contributed by atoms with Crippen molar-refractivity contribution >= 4 is 10.2 Å². The van der Waals surface area contributed by atoms with Crippen LogP contribution >= 0.6 is 0 Å². The predicted octanol–water partition coefficient (Wildman–Crippen LogP) is 2.03. The molecule has 1 heterocycles. The van der Waals surface area contributed by atoms with Gasteiger partial charge in [-0.05, 0) is 31.6 Å². The molecule has 14 heavy (non-hydrogen) atoms. The van der Waals surface area contributed by atoms with Crippen LogP contribution in [0.1, 0.15) is 51.4 Å². The zero-order valence-electron chi connectivity index (χ0n) is 9.43. The first kappa shape index (κ1) is 10.7. The fraction of sp³-hybridized carbons (Fsp3) is 0.917. The summed E-state index contributed by atoms with van der Waals surface area (Å²) in [7, 11) is 1.19. The van der Waals surface area contributed by atoms with E-state index in [2.05, 4.69) is 6.42 Å². The van der Waals surface area contributed by atoms with Gasteiger partial charge in [0.25, 0.3) is 0 Å². The van der Waals surface area contributed by atoms with Crippen LogP contribution in [0.25, 0.3) is 0 Å². The van der Waals surface area contributed by atoms with E-state index in [0.29, 0.717) is 0 Å². The molecular weight excluding hydrogens is 188 g/mol. The average Bonchev–Trinajstić information content (AvgIpc) is 2.19. The second-order valence-corrected chi connectivity index (χ2v) is 6.88.